The number of hydrogen-bond donors (Lipinski definition) is 1. The number of benzene rings is 2. The van der Waals surface area contributed by atoms with E-state index in [1.165, 1.54) is 24.3 Å². The molecule has 0 saturated carbocycles. The quantitative estimate of drug-likeness (QED) is 0.710. The largest absolute Gasteiger partial charge is 0.462 e. The molecule has 128 valence electrons. The first-order chi connectivity index (χ1) is 12.0. The zero-order valence-corrected chi connectivity index (χ0v) is 14.3. The fraction of sp³-hybridized carbons (Fsp3) is 0.111. The second-order valence-corrected chi connectivity index (χ2v) is 6.95. The molecule has 2 aromatic carbocycles. The lowest BCUT2D eigenvalue weighted by Gasteiger charge is -2.09. The van der Waals surface area contributed by atoms with Crippen LogP contribution in [0, 0.1) is 0 Å². The van der Waals surface area contributed by atoms with Gasteiger partial charge in [0.15, 0.2) is 0 Å². The number of hydrogen-bond acceptors (Lipinski definition) is 5. The van der Waals surface area contributed by atoms with Crippen LogP contribution in [0.4, 0.5) is 5.82 Å². The first kappa shape index (κ1) is 16.9. The molecule has 0 radical (unpaired) electrons. The van der Waals surface area contributed by atoms with E-state index in [4.69, 9.17) is 4.74 Å². The van der Waals surface area contributed by atoms with Crippen LogP contribution in [0.25, 0.3) is 10.8 Å². The van der Waals surface area contributed by atoms with E-state index < -0.39 is 16.0 Å². The Morgan fingerprint density at radius 3 is 2.44 bits per heavy atom. The number of nitrogens with zero attached hydrogens (tertiary/aromatic N) is 1. The molecule has 0 aliphatic carbocycles. The minimum atomic E-state index is -3.80. The summed E-state index contributed by atoms with van der Waals surface area (Å²) in [5.41, 5.74) is 0.296. The number of ether oxygens (including phenoxy) is 1. The fourth-order valence-electron chi connectivity index (χ4n) is 2.32. The lowest BCUT2D eigenvalue weighted by molar-refractivity contribution is 0.0526. The molecule has 0 aliphatic heterocycles. The maximum atomic E-state index is 12.5. The van der Waals surface area contributed by atoms with Gasteiger partial charge < -0.3 is 4.74 Å². The minimum Gasteiger partial charge on any atom is -0.462 e. The van der Waals surface area contributed by atoms with Gasteiger partial charge in [-0.25, -0.2) is 18.2 Å². The van der Waals surface area contributed by atoms with E-state index in [0.29, 0.717) is 5.56 Å². The lowest BCUT2D eigenvalue weighted by Crippen LogP contribution is -2.14. The van der Waals surface area contributed by atoms with E-state index in [9.17, 15) is 13.2 Å². The van der Waals surface area contributed by atoms with Crippen LogP contribution < -0.4 is 4.72 Å². The molecule has 0 bridgehead atoms. The van der Waals surface area contributed by atoms with Crippen molar-refractivity contribution >= 4 is 32.6 Å². The Labute approximate surface area is 145 Å². The van der Waals surface area contributed by atoms with Crippen molar-refractivity contribution in [2.75, 3.05) is 11.3 Å². The summed E-state index contributed by atoms with van der Waals surface area (Å²) in [6.07, 6.45) is 1.61. The molecular formula is C18H16N2O4S. The Kier molecular flexibility index (Phi) is 4.67. The van der Waals surface area contributed by atoms with Gasteiger partial charge in [-0.15, -0.1) is 0 Å². The summed E-state index contributed by atoms with van der Waals surface area (Å²) in [5, 5.41) is 1.80. The average Bonchev–Trinajstić information content (AvgIpc) is 2.61. The Bertz CT molecular complexity index is 1010. The summed E-state index contributed by atoms with van der Waals surface area (Å²) in [4.78, 5) is 15.8. The summed E-state index contributed by atoms with van der Waals surface area (Å²) in [6, 6.07) is 14.7. The van der Waals surface area contributed by atoms with Gasteiger partial charge in [0.25, 0.3) is 10.0 Å². The number of rotatable bonds is 5. The zero-order chi connectivity index (χ0) is 17.9. The van der Waals surface area contributed by atoms with E-state index in [2.05, 4.69) is 9.71 Å². The van der Waals surface area contributed by atoms with E-state index in [1.807, 2.05) is 24.3 Å². The molecular weight excluding hydrogens is 340 g/mol. The number of pyridine rings is 1. The van der Waals surface area contributed by atoms with E-state index in [-0.39, 0.29) is 17.3 Å². The Morgan fingerprint density at radius 1 is 1.08 bits per heavy atom. The van der Waals surface area contributed by atoms with Gasteiger partial charge in [-0.05, 0) is 42.6 Å². The molecule has 1 aromatic heterocycles. The monoisotopic (exact) mass is 356 g/mol. The van der Waals surface area contributed by atoms with E-state index in [1.54, 1.807) is 19.2 Å². The van der Waals surface area contributed by atoms with Crippen molar-refractivity contribution in [3.63, 3.8) is 0 Å². The molecule has 1 N–H and O–H groups in total. The topological polar surface area (TPSA) is 85.4 Å². The van der Waals surface area contributed by atoms with Crippen molar-refractivity contribution in [3.8, 4) is 0 Å². The second-order valence-electron chi connectivity index (χ2n) is 5.27. The van der Waals surface area contributed by atoms with Gasteiger partial charge in [-0.1, -0.05) is 24.3 Å². The van der Waals surface area contributed by atoms with Crippen molar-refractivity contribution in [1.82, 2.24) is 4.98 Å². The van der Waals surface area contributed by atoms with Crippen LogP contribution in [0.2, 0.25) is 0 Å². The molecule has 25 heavy (non-hydrogen) atoms. The third kappa shape index (κ3) is 3.77. The third-order valence-electron chi connectivity index (χ3n) is 3.55. The summed E-state index contributed by atoms with van der Waals surface area (Å²) in [7, 11) is -3.80. The highest BCUT2D eigenvalue weighted by molar-refractivity contribution is 7.92. The van der Waals surface area contributed by atoms with Gasteiger partial charge >= 0.3 is 5.97 Å². The van der Waals surface area contributed by atoms with Gasteiger partial charge in [-0.2, -0.15) is 0 Å². The SMILES string of the molecule is CCOC(=O)c1ccc(S(=O)(=O)Nc2cc3ccccc3cn2)cc1. The number of aromatic nitrogens is 1. The number of esters is 1. The Morgan fingerprint density at radius 2 is 1.76 bits per heavy atom. The predicted octanol–water partition coefficient (Wildman–Crippen LogP) is 3.21. The third-order valence-corrected chi connectivity index (χ3v) is 4.92. The first-order valence-electron chi connectivity index (χ1n) is 7.64. The Hall–Kier alpha value is -2.93. The first-order valence-corrected chi connectivity index (χ1v) is 9.13. The molecule has 6 nitrogen and oxygen atoms in total. The molecule has 0 amide bonds. The lowest BCUT2D eigenvalue weighted by atomic mass is 10.2. The molecule has 0 unspecified atom stereocenters. The number of carbonyl (C=O) groups is 1. The van der Waals surface area contributed by atoms with E-state index in [0.717, 1.165) is 10.8 Å². The highest BCUT2D eigenvalue weighted by Crippen LogP contribution is 2.19. The van der Waals surface area contributed by atoms with Crippen LogP contribution in [-0.2, 0) is 14.8 Å². The van der Waals surface area contributed by atoms with Gasteiger partial charge in [0, 0.05) is 11.6 Å². The van der Waals surface area contributed by atoms with Crippen molar-refractivity contribution in [2.45, 2.75) is 11.8 Å². The molecule has 0 spiro atoms. The molecule has 3 rings (SSSR count). The van der Waals surface area contributed by atoms with Crippen molar-refractivity contribution in [1.29, 1.82) is 0 Å². The van der Waals surface area contributed by atoms with Gasteiger partial charge in [0.2, 0.25) is 0 Å². The summed E-state index contributed by atoms with van der Waals surface area (Å²) >= 11 is 0. The van der Waals surface area contributed by atoms with Crippen molar-refractivity contribution in [2.24, 2.45) is 0 Å². The average molecular weight is 356 g/mol. The number of fused-ring (bicyclic) bond motifs is 1. The number of sulfonamides is 1. The predicted molar refractivity (Wildman–Crippen MR) is 95.0 cm³/mol. The van der Waals surface area contributed by atoms with Crippen LogP contribution in [0.3, 0.4) is 0 Å². The highest BCUT2D eigenvalue weighted by atomic mass is 32.2. The molecule has 1 heterocycles. The van der Waals surface area contributed by atoms with Crippen molar-refractivity contribution in [3.05, 3.63) is 66.4 Å². The second kappa shape index (κ2) is 6.90. The molecule has 0 aliphatic rings. The zero-order valence-electron chi connectivity index (χ0n) is 13.5. The minimum absolute atomic E-state index is 0.0375. The highest BCUT2D eigenvalue weighted by Gasteiger charge is 2.16. The molecule has 7 heteroatoms. The molecule has 0 saturated heterocycles. The molecule has 0 fully saturated rings. The maximum absolute atomic E-state index is 12.5. The van der Waals surface area contributed by atoms with Gasteiger partial charge in [0.1, 0.15) is 5.82 Å². The smallest absolute Gasteiger partial charge is 0.338 e. The van der Waals surface area contributed by atoms with Gasteiger partial charge in [0.05, 0.1) is 17.1 Å². The summed E-state index contributed by atoms with van der Waals surface area (Å²) in [6.45, 7) is 1.96. The van der Waals surface area contributed by atoms with Crippen LogP contribution in [0.15, 0.2) is 65.7 Å². The van der Waals surface area contributed by atoms with Crippen LogP contribution in [0.5, 0.6) is 0 Å². The Balaban J connectivity index is 1.84. The number of carbonyl (C=O) groups excluding carboxylic acids is 1. The standard InChI is InChI=1S/C18H16N2O4S/c1-2-24-18(21)13-7-9-16(10-8-13)25(22,23)20-17-11-14-5-3-4-6-15(14)12-19-17/h3-12H,2H2,1H3,(H,19,20). The normalized spacial score (nSPS) is 11.2. The van der Waals surface area contributed by atoms with Crippen LogP contribution in [0.1, 0.15) is 17.3 Å². The number of nitrogens with one attached hydrogen (secondary N) is 1. The summed E-state index contributed by atoms with van der Waals surface area (Å²) in [5.74, 6) is -0.260. The summed E-state index contributed by atoms with van der Waals surface area (Å²) < 4.78 is 32.3. The van der Waals surface area contributed by atoms with E-state index >= 15 is 0 Å². The van der Waals surface area contributed by atoms with Crippen LogP contribution >= 0.6 is 0 Å². The van der Waals surface area contributed by atoms with Crippen molar-refractivity contribution < 1.29 is 17.9 Å². The molecule has 0 atom stereocenters. The maximum Gasteiger partial charge on any atom is 0.338 e. The fourth-order valence-corrected chi connectivity index (χ4v) is 3.32. The molecule has 3 aromatic rings. The van der Waals surface area contributed by atoms with Crippen LogP contribution in [-0.4, -0.2) is 26.0 Å². The van der Waals surface area contributed by atoms with Gasteiger partial charge in [-0.3, -0.25) is 4.72 Å². The number of anilines is 1.